The zero-order chi connectivity index (χ0) is 20.3. The zero-order valence-corrected chi connectivity index (χ0v) is 15.7. The molecule has 0 spiro atoms. The second kappa shape index (κ2) is 8.17. The van der Waals surface area contributed by atoms with E-state index in [1.165, 1.54) is 11.0 Å². The molecule has 0 unspecified atom stereocenters. The molecule has 0 aromatic heterocycles. The standard InChI is InChI=1S/C22H21FN2O3/c1-3-11-24(14-16-6-4-5-7-19(16)23)20(26)10-12-25-21(27)17-9-8-15(2)13-18(17)22(25)28/h3-9,13H,1,10-12,14H2,2H3. The minimum absolute atomic E-state index is 0.0187. The third-order valence-corrected chi connectivity index (χ3v) is 4.70. The molecule has 0 saturated carbocycles. The Hall–Kier alpha value is -3.28. The third-order valence-electron chi connectivity index (χ3n) is 4.70. The minimum atomic E-state index is -0.392. The summed E-state index contributed by atoms with van der Waals surface area (Å²) in [5.41, 5.74) is 2.01. The first-order valence-corrected chi connectivity index (χ1v) is 9.01. The Kier molecular flexibility index (Phi) is 5.68. The Bertz CT molecular complexity index is 955. The van der Waals surface area contributed by atoms with Gasteiger partial charge in [0, 0.05) is 31.6 Å². The molecule has 6 heteroatoms. The highest BCUT2D eigenvalue weighted by Crippen LogP contribution is 2.24. The Balaban J connectivity index is 1.68. The zero-order valence-electron chi connectivity index (χ0n) is 15.7. The molecule has 2 aromatic carbocycles. The molecule has 3 amide bonds. The number of fused-ring (bicyclic) bond motifs is 1. The molecule has 0 N–H and O–H groups in total. The van der Waals surface area contributed by atoms with Crippen LogP contribution in [0.3, 0.4) is 0 Å². The van der Waals surface area contributed by atoms with E-state index in [1.807, 2.05) is 6.92 Å². The summed E-state index contributed by atoms with van der Waals surface area (Å²) in [5, 5.41) is 0. The smallest absolute Gasteiger partial charge is 0.261 e. The summed E-state index contributed by atoms with van der Waals surface area (Å²) < 4.78 is 13.9. The van der Waals surface area contributed by atoms with Crippen molar-refractivity contribution in [2.75, 3.05) is 13.1 Å². The normalized spacial score (nSPS) is 12.9. The van der Waals surface area contributed by atoms with Crippen molar-refractivity contribution in [1.82, 2.24) is 9.80 Å². The van der Waals surface area contributed by atoms with Crippen molar-refractivity contribution in [2.24, 2.45) is 0 Å². The molecule has 3 rings (SSSR count). The van der Waals surface area contributed by atoms with E-state index in [2.05, 4.69) is 6.58 Å². The van der Waals surface area contributed by atoms with Crippen LogP contribution in [0.5, 0.6) is 0 Å². The van der Waals surface area contributed by atoms with Crippen LogP contribution in [0.2, 0.25) is 0 Å². The number of hydrogen-bond acceptors (Lipinski definition) is 3. The molecular formula is C22H21FN2O3. The first-order valence-electron chi connectivity index (χ1n) is 9.01. The van der Waals surface area contributed by atoms with Gasteiger partial charge in [-0.3, -0.25) is 19.3 Å². The Morgan fingerprint density at radius 3 is 2.57 bits per heavy atom. The molecule has 0 radical (unpaired) electrons. The lowest BCUT2D eigenvalue weighted by Gasteiger charge is -2.23. The number of rotatable bonds is 7. The lowest BCUT2D eigenvalue weighted by atomic mass is 10.1. The predicted molar refractivity (Wildman–Crippen MR) is 103 cm³/mol. The largest absolute Gasteiger partial charge is 0.334 e. The molecular weight excluding hydrogens is 359 g/mol. The summed E-state index contributed by atoms with van der Waals surface area (Å²) in [6, 6.07) is 11.3. The van der Waals surface area contributed by atoms with Gasteiger partial charge in [0.15, 0.2) is 0 Å². The highest BCUT2D eigenvalue weighted by molar-refractivity contribution is 6.21. The monoisotopic (exact) mass is 380 g/mol. The molecule has 1 aliphatic rings. The minimum Gasteiger partial charge on any atom is -0.334 e. The van der Waals surface area contributed by atoms with Crippen LogP contribution in [0.15, 0.2) is 55.1 Å². The molecule has 0 fully saturated rings. The van der Waals surface area contributed by atoms with Crippen LogP contribution in [0.1, 0.15) is 38.3 Å². The number of halogens is 1. The van der Waals surface area contributed by atoms with Crippen molar-refractivity contribution in [3.63, 3.8) is 0 Å². The van der Waals surface area contributed by atoms with E-state index in [1.54, 1.807) is 42.5 Å². The summed E-state index contributed by atoms with van der Waals surface area (Å²) >= 11 is 0. The molecule has 1 heterocycles. The maximum absolute atomic E-state index is 13.9. The van der Waals surface area contributed by atoms with E-state index >= 15 is 0 Å². The van der Waals surface area contributed by atoms with E-state index in [0.717, 1.165) is 10.5 Å². The molecule has 5 nitrogen and oxygen atoms in total. The number of aryl methyl sites for hydroxylation is 1. The summed E-state index contributed by atoms with van der Waals surface area (Å²) in [5.74, 6) is -1.45. The highest BCUT2D eigenvalue weighted by Gasteiger charge is 2.35. The van der Waals surface area contributed by atoms with Crippen molar-refractivity contribution in [2.45, 2.75) is 19.9 Å². The third kappa shape index (κ3) is 3.86. The molecule has 144 valence electrons. The van der Waals surface area contributed by atoms with Crippen LogP contribution >= 0.6 is 0 Å². The molecule has 0 aliphatic carbocycles. The number of hydrogen-bond donors (Lipinski definition) is 0. The van der Waals surface area contributed by atoms with Crippen LogP contribution in [-0.4, -0.2) is 40.6 Å². The van der Waals surface area contributed by atoms with E-state index in [-0.39, 0.29) is 43.7 Å². The fraction of sp³-hybridized carbons (Fsp3) is 0.227. The van der Waals surface area contributed by atoms with Gasteiger partial charge in [-0.05, 0) is 25.1 Å². The van der Waals surface area contributed by atoms with Crippen LogP contribution in [0, 0.1) is 12.7 Å². The maximum atomic E-state index is 13.9. The Labute approximate surface area is 163 Å². The van der Waals surface area contributed by atoms with Gasteiger partial charge in [-0.15, -0.1) is 6.58 Å². The van der Waals surface area contributed by atoms with E-state index < -0.39 is 5.91 Å². The summed E-state index contributed by atoms with van der Waals surface area (Å²) in [6.45, 7) is 5.81. The topological polar surface area (TPSA) is 57.7 Å². The second-order valence-electron chi connectivity index (χ2n) is 6.72. The lowest BCUT2D eigenvalue weighted by Crippen LogP contribution is -2.36. The van der Waals surface area contributed by atoms with Gasteiger partial charge in [0.2, 0.25) is 5.91 Å². The number of amides is 3. The average molecular weight is 380 g/mol. The SMILES string of the molecule is C=CCN(Cc1ccccc1F)C(=O)CCN1C(=O)c2ccc(C)cc2C1=O. The van der Waals surface area contributed by atoms with Crippen molar-refractivity contribution in [3.05, 3.63) is 83.2 Å². The highest BCUT2D eigenvalue weighted by atomic mass is 19.1. The number of benzene rings is 2. The van der Waals surface area contributed by atoms with Crippen LogP contribution in [0.4, 0.5) is 4.39 Å². The van der Waals surface area contributed by atoms with E-state index in [4.69, 9.17) is 0 Å². The van der Waals surface area contributed by atoms with E-state index in [9.17, 15) is 18.8 Å². The van der Waals surface area contributed by atoms with Gasteiger partial charge in [0.25, 0.3) is 11.8 Å². The van der Waals surface area contributed by atoms with Crippen molar-refractivity contribution in [1.29, 1.82) is 0 Å². The predicted octanol–water partition coefficient (Wildman–Crippen LogP) is 3.34. The van der Waals surface area contributed by atoms with Crippen molar-refractivity contribution >= 4 is 17.7 Å². The number of imide groups is 1. The Morgan fingerprint density at radius 1 is 1.14 bits per heavy atom. The first-order chi connectivity index (χ1) is 13.4. The summed E-state index contributed by atoms with van der Waals surface area (Å²) in [6.07, 6.45) is 1.52. The quantitative estimate of drug-likeness (QED) is 0.547. The Morgan fingerprint density at radius 2 is 1.86 bits per heavy atom. The average Bonchev–Trinajstić information content (AvgIpc) is 2.91. The van der Waals surface area contributed by atoms with E-state index in [0.29, 0.717) is 16.7 Å². The van der Waals surface area contributed by atoms with Crippen molar-refractivity contribution in [3.8, 4) is 0 Å². The molecule has 28 heavy (non-hydrogen) atoms. The van der Waals surface area contributed by atoms with Gasteiger partial charge in [-0.1, -0.05) is 35.9 Å². The molecule has 2 aromatic rings. The summed E-state index contributed by atoms with van der Waals surface area (Å²) in [4.78, 5) is 40.2. The van der Waals surface area contributed by atoms with Gasteiger partial charge >= 0.3 is 0 Å². The number of carbonyl (C=O) groups is 3. The van der Waals surface area contributed by atoms with Gasteiger partial charge in [0.1, 0.15) is 5.82 Å². The molecule has 1 aliphatic heterocycles. The van der Waals surface area contributed by atoms with Crippen LogP contribution < -0.4 is 0 Å². The number of carbonyl (C=O) groups excluding carboxylic acids is 3. The van der Waals surface area contributed by atoms with Gasteiger partial charge < -0.3 is 4.90 Å². The first kappa shape index (κ1) is 19.5. The molecule has 0 saturated heterocycles. The second-order valence-corrected chi connectivity index (χ2v) is 6.72. The maximum Gasteiger partial charge on any atom is 0.261 e. The van der Waals surface area contributed by atoms with Gasteiger partial charge in [0.05, 0.1) is 11.1 Å². The van der Waals surface area contributed by atoms with Gasteiger partial charge in [-0.2, -0.15) is 0 Å². The van der Waals surface area contributed by atoms with Gasteiger partial charge in [-0.25, -0.2) is 4.39 Å². The fourth-order valence-corrected chi connectivity index (χ4v) is 3.22. The van der Waals surface area contributed by atoms with Crippen LogP contribution in [-0.2, 0) is 11.3 Å². The van der Waals surface area contributed by atoms with Crippen LogP contribution in [0.25, 0.3) is 0 Å². The fourth-order valence-electron chi connectivity index (χ4n) is 3.22. The number of nitrogens with zero attached hydrogens (tertiary/aromatic N) is 2. The van der Waals surface area contributed by atoms with Crippen molar-refractivity contribution < 1.29 is 18.8 Å². The molecule has 0 bridgehead atoms. The summed E-state index contributed by atoms with van der Waals surface area (Å²) in [7, 11) is 0. The molecule has 0 atom stereocenters. The lowest BCUT2D eigenvalue weighted by molar-refractivity contribution is -0.131.